The van der Waals surface area contributed by atoms with Gasteiger partial charge in [-0.2, -0.15) is 9.78 Å². The monoisotopic (exact) mass is 541 g/mol. The average Bonchev–Trinajstić information content (AvgIpc) is 3.33. The second-order valence-corrected chi connectivity index (χ2v) is 8.56. The molecule has 2 aromatic heterocycles. The zero-order valence-electron chi connectivity index (χ0n) is 19.3. The number of fused-ring (bicyclic) bond motifs is 2. The van der Waals surface area contributed by atoms with Crippen LogP contribution in [0.25, 0.3) is 33.5 Å². The molecular weight excluding hydrogens is 522 g/mol. The van der Waals surface area contributed by atoms with Gasteiger partial charge in [0, 0.05) is 15.4 Å². The standard InChI is InChI=1S/C28H20BrN3O4/c1-3-13-35-25-16-21(29)19(15-24(25)34-4-2)17-30-32-27(26-14-18-9-5-8-12-23(18)36-26)31-22-11-7-6-10-20(22)28(32)33/h1,5-12,14-17H,4,13H2,2H3. The van der Waals surface area contributed by atoms with Crippen molar-refractivity contribution in [3.05, 3.63) is 87.1 Å². The molecule has 0 N–H and O–H groups in total. The molecule has 7 nitrogen and oxygen atoms in total. The molecule has 0 aliphatic heterocycles. The van der Waals surface area contributed by atoms with Crippen LogP contribution in [0.2, 0.25) is 0 Å². The lowest BCUT2D eigenvalue weighted by Gasteiger charge is -2.12. The van der Waals surface area contributed by atoms with Crippen molar-refractivity contribution in [1.29, 1.82) is 0 Å². The quantitative estimate of drug-likeness (QED) is 0.190. The predicted molar refractivity (Wildman–Crippen MR) is 144 cm³/mol. The van der Waals surface area contributed by atoms with Crippen molar-refractivity contribution < 1.29 is 13.9 Å². The summed E-state index contributed by atoms with van der Waals surface area (Å²) < 4.78 is 19.3. The van der Waals surface area contributed by atoms with Gasteiger partial charge in [-0.3, -0.25) is 4.79 Å². The number of para-hydroxylation sites is 2. The molecule has 0 atom stereocenters. The fourth-order valence-electron chi connectivity index (χ4n) is 3.75. The maximum atomic E-state index is 13.5. The van der Waals surface area contributed by atoms with Gasteiger partial charge in [0.1, 0.15) is 12.2 Å². The van der Waals surface area contributed by atoms with Gasteiger partial charge in [-0.1, -0.05) is 36.3 Å². The highest BCUT2D eigenvalue weighted by atomic mass is 79.9. The van der Waals surface area contributed by atoms with Crippen LogP contribution in [0.4, 0.5) is 0 Å². The second-order valence-electron chi connectivity index (χ2n) is 7.71. The molecule has 0 radical (unpaired) electrons. The molecule has 0 saturated heterocycles. The molecule has 5 rings (SSSR count). The summed E-state index contributed by atoms with van der Waals surface area (Å²) in [6, 6.07) is 20.1. The molecule has 36 heavy (non-hydrogen) atoms. The third-order valence-corrected chi connectivity index (χ3v) is 6.07. The molecular formula is C28H20BrN3O4. The topological polar surface area (TPSA) is 78.9 Å². The van der Waals surface area contributed by atoms with E-state index in [1.165, 1.54) is 4.68 Å². The highest BCUT2D eigenvalue weighted by Gasteiger charge is 2.17. The zero-order valence-corrected chi connectivity index (χ0v) is 20.9. The van der Waals surface area contributed by atoms with Gasteiger partial charge in [-0.05, 0) is 59.3 Å². The smallest absolute Gasteiger partial charge is 0.282 e. The second kappa shape index (κ2) is 10.1. The number of hydrogen-bond acceptors (Lipinski definition) is 6. The summed E-state index contributed by atoms with van der Waals surface area (Å²) in [7, 11) is 0. The van der Waals surface area contributed by atoms with E-state index in [9.17, 15) is 4.79 Å². The van der Waals surface area contributed by atoms with Crippen LogP contribution in [0.15, 0.2) is 85.5 Å². The molecule has 0 spiro atoms. The predicted octanol–water partition coefficient (Wildman–Crippen LogP) is 5.87. The molecule has 0 saturated carbocycles. The number of aromatic nitrogens is 2. The summed E-state index contributed by atoms with van der Waals surface area (Å²) in [5.41, 5.74) is 1.60. The van der Waals surface area contributed by atoms with E-state index in [1.54, 1.807) is 36.5 Å². The first-order valence-electron chi connectivity index (χ1n) is 11.2. The Morgan fingerprint density at radius 1 is 1.11 bits per heavy atom. The first kappa shape index (κ1) is 23.4. The average molecular weight is 542 g/mol. The lowest BCUT2D eigenvalue weighted by Crippen LogP contribution is -2.20. The number of rotatable bonds is 7. The van der Waals surface area contributed by atoms with Crippen molar-refractivity contribution in [2.75, 3.05) is 13.2 Å². The molecule has 0 unspecified atom stereocenters. The number of hydrogen-bond donors (Lipinski definition) is 0. The van der Waals surface area contributed by atoms with E-state index < -0.39 is 0 Å². The van der Waals surface area contributed by atoms with Gasteiger partial charge in [-0.15, -0.1) is 6.42 Å². The molecule has 0 bridgehead atoms. The molecule has 0 amide bonds. The van der Waals surface area contributed by atoms with Gasteiger partial charge in [0.2, 0.25) is 5.82 Å². The van der Waals surface area contributed by atoms with Crippen LogP contribution >= 0.6 is 15.9 Å². The zero-order chi connectivity index (χ0) is 25.1. The van der Waals surface area contributed by atoms with Gasteiger partial charge >= 0.3 is 0 Å². The minimum Gasteiger partial charge on any atom is -0.490 e. The Morgan fingerprint density at radius 3 is 2.69 bits per heavy atom. The maximum Gasteiger partial charge on any atom is 0.282 e. The van der Waals surface area contributed by atoms with Crippen molar-refractivity contribution >= 4 is 44.0 Å². The maximum absolute atomic E-state index is 13.5. The molecule has 178 valence electrons. The number of furan rings is 1. The van der Waals surface area contributed by atoms with Crippen LogP contribution in [0, 0.1) is 12.3 Å². The fraction of sp³-hybridized carbons (Fsp3) is 0.107. The minimum atomic E-state index is -0.317. The summed E-state index contributed by atoms with van der Waals surface area (Å²) >= 11 is 3.54. The van der Waals surface area contributed by atoms with E-state index in [0.29, 0.717) is 56.2 Å². The third kappa shape index (κ3) is 4.49. The summed E-state index contributed by atoms with van der Waals surface area (Å²) in [6.45, 7) is 2.43. The Balaban J connectivity index is 1.66. The van der Waals surface area contributed by atoms with E-state index in [0.717, 1.165) is 5.39 Å². The van der Waals surface area contributed by atoms with Crippen molar-refractivity contribution in [2.45, 2.75) is 6.92 Å². The summed E-state index contributed by atoms with van der Waals surface area (Å²) in [5.74, 6) is 4.19. The number of terminal acetylenes is 1. The van der Waals surface area contributed by atoms with Gasteiger partial charge in [0.05, 0.1) is 23.7 Å². The minimum absolute atomic E-state index is 0.110. The van der Waals surface area contributed by atoms with Crippen molar-refractivity contribution in [3.8, 4) is 35.4 Å². The van der Waals surface area contributed by atoms with Crippen LogP contribution in [0.3, 0.4) is 0 Å². The number of nitrogens with zero attached hydrogens (tertiary/aromatic N) is 3. The van der Waals surface area contributed by atoms with E-state index in [-0.39, 0.29) is 12.2 Å². The normalized spacial score (nSPS) is 11.2. The lowest BCUT2D eigenvalue weighted by atomic mass is 10.2. The number of ether oxygens (including phenoxy) is 2. The van der Waals surface area contributed by atoms with E-state index in [4.69, 9.17) is 25.3 Å². The van der Waals surface area contributed by atoms with Gasteiger partial charge in [0.25, 0.3) is 5.56 Å². The molecule has 0 fully saturated rings. The Bertz CT molecular complexity index is 1680. The summed E-state index contributed by atoms with van der Waals surface area (Å²) in [5, 5.41) is 5.87. The van der Waals surface area contributed by atoms with Gasteiger partial charge in [0.15, 0.2) is 17.3 Å². The van der Waals surface area contributed by atoms with Crippen LogP contribution in [0.1, 0.15) is 12.5 Å². The summed E-state index contributed by atoms with van der Waals surface area (Å²) in [6.07, 6.45) is 6.88. The van der Waals surface area contributed by atoms with Crippen molar-refractivity contribution in [2.24, 2.45) is 5.10 Å². The Hall–Kier alpha value is -4.35. The molecule has 8 heteroatoms. The van der Waals surface area contributed by atoms with Crippen LogP contribution in [-0.4, -0.2) is 29.1 Å². The first-order chi connectivity index (χ1) is 17.6. The third-order valence-electron chi connectivity index (χ3n) is 5.39. The molecule has 0 aliphatic carbocycles. The highest BCUT2D eigenvalue weighted by Crippen LogP contribution is 2.33. The lowest BCUT2D eigenvalue weighted by molar-refractivity contribution is 0.299. The Morgan fingerprint density at radius 2 is 1.89 bits per heavy atom. The van der Waals surface area contributed by atoms with Crippen LogP contribution in [0.5, 0.6) is 11.5 Å². The molecule has 2 heterocycles. The van der Waals surface area contributed by atoms with Crippen LogP contribution in [-0.2, 0) is 0 Å². The van der Waals surface area contributed by atoms with E-state index in [1.807, 2.05) is 43.3 Å². The van der Waals surface area contributed by atoms with Gasteiger partial charge < -0.3 is 13.9 Å². The molecule has 5 aromatic rings. The Kier molecular flexibility index (Phi) is 6.56. The molecule has 3 aromatic carbocycles. The largest absolute Gasteiger partial charge is 0.490 e. The van der Waals surface area contributed by atoms with E-state index >= 15 is 0 Å². The number of benzene rings is 3. The summed E-state index contributed by atoms with van der Waals surface area (Å²) in [4.78, 5) is 18.2. The molecule has 0 aliphatic rings. The SMILES string of the molecule is C#CCOc1cc(Br)c(C=Nn2c(-c3cc4ccccc4o3)nc3ccccc3c2=O)cc1OCC. The Labute approximate surface area is 215 Å². The fourth-order valence-corrected chi connectivity index (χ4v) is 4.18. The van der Waals surface area contributed by atoms with Gasteiger partial charge in [-0.25, -0.2) is 4.98 Å². The first-order valence-corrected chi connectivity index (χ1v) is 12.0. The van der Waals surface area contributed by atoms with Crippen LogP contribution < -0.4 is 15.0 Å². The number of halogens is 1. The van der Waals surface area contributed by atoms with Crippen molar-refractivity contribution in [3.63, 3.8) is 0 Å². The van der Waals surface area contributed by atoms with Crippen molar-refractivity contribution in [1.82, 2.24) is 9.66 Å². The highest BCUT2D eigenvalue weighted by molar-refractivity contribution is 9.10. The van der Waals surface area contributed by atoms with E-state index in [2.05, 4.69) is 27.0 Å².